The van der Waals surface area contributed by atoms with Crippen molar-refractivity contribution < 1.29 is 102 Å². The van der Waals surface area contributed by atoms with Gasteiger partial charge in [-0.05, 0) is 37.5 Å². The summed E-state index contributed by atoms with van der Waals surface area (Å²) in [6.45, 7) is 2.89. The maximum absolute atomic E-state index is 13.8. The number of benzene rings is 1. The van der Waals surface area contributed by atoms with Crippen molar-refractivity contribution in [3.63, 3.8) is 0 Å². The zero-order valence-electron chi connectivity index (χ0n) is 42.1. The van der Waals surface area contributed by atoms with Crippen LogP contribution in [0.1, 0.15) is 95.8 Å². The van der Waals surface area contributed by atoms with Gasteiger partial charge in [0, 0.05) is 32.3 Å². The van der Waals surface area contributed by atoms with Crippen LogP contribution < -0.4 is 26.0 Å². The molecule has 1 aromatic rings. The van der Waals surface area contributed by atoms with Gasteiger partial charge in [0.15, 0.2) is 18.9 Å². The topological polar surface area (TPSA) is 372 Å². The summed E-state index contributed by atoms with van der Waals surface area (Å²) in [7, 11) is 0. The zero-order chi connectivity index (χ0) is 54.2. The number of rotatable bonds is 26. The summed E-state index contributed by atoms with van der Waals surface area (Å²) >= 11 is 3.78. The molecule has 0 aromatic heterocycles. The summed E-state index contributed by atoms with van der Waals surface area (Å²) in [4.78, 5) is 51.3. The molecule has 0 saturated carbocycles. The smallest absolute Gasteiger partial charge is 0.251 e. The van der Waals surface area contributed by atoms with Gasteiger partial charge in [0.05, 0.1) is 57.4 Å². The van der Waals surface area contributed by atoms with Crippen molar-refractivity contribution in [3.05, 3.63) is 29.8 Å². The van der Waals surface area contributed by atoms with Crippen molar-refractivity contribution in [2.75, 3.05) is 33.0 Å². The van der Waals surface area contributed by atoms with Crippen LogP contribution in [0.15, 0.2) is 24.3 Å². The third-order valence-corrected chi connectivity index (χ3v) is 13.9. The third-order valence-electron chi connectivity index (χ3n) is 13.7. The van der Waals surface area contributed by atoms with Crippen molar-refractivity contribution >= 4 is 36.5 Å². The standard InChI is InChI=1S/C48H78N4O21S/c1-5-6-7-8-9-10-11-12-13-17-66-27-16-14-15-26(18-27)45(64)52-35-39(61)37(59)28(19-53)70-47(35)73-43-30(21-55)71-48(36(41(43)63)51-25(4)58)72-42-29(20-54)68-44(33(40(42)62)49-23(2)56)32-31(22-67-74)69-46(65)34(38(32)60)50-24(3)57/h14-16,18,28-44,46-48,53-55,59-63,65,74H,5-13,17,19-22H2,1-4H3,(H,49,56)(H,50,57)(H,51,58)(H,52,64). The fourth-order valence-corrected chi connectivity index (χ4v) is 10.1. The predicted octanol–water partition coefficient (Wildman–Crippen LogP) is -2.83. The molecule has 0 aliphatic carbocycles. The lowest BCUT2D eigenvalue weighted by molar-refractivity contribution is -0.349. The molecule has 20 atom stereocenters. The Morgan fingerprint density at radius 3 is 1.66 bits per heavy atom. The van der Waals surface area contributed by atoms with Crippen LogP contribution in [-0.2, 0) is 47.0 Å². The average molecular weight is 1080 g/mol. The maximum atomic E-state index is 13.8. The van der Waals surface area contributed by atoms with Gasteiger partial charge in [-0.1, -0.05) is 64.4 Å². The summed E-state index contributed by atoms with van der Waals surface area (Å²) in [6, 6.07) is 0.0537. The zero-order valence-corrected chi connectivity index (χ0v) is 43.0. The normalized spacial score (nSPS) is 36.4. The summed E-state index contributed by atoms with van der Waals surface area (Å²) in [5.41, 5.74) is 0.101. The molecular weight excluding hydrogens is 1000 g/mol. The van der Waals surface area contributed by atoms with Crippen LogP contribution >= 0.6 is 12.9 Å². The quantitative estimate of drug-likeness (QED) is 0.0253. The summed E-state index contributed by atoms with van der Waals surface area (Å²) in [5.74, 6) is -3.78. The molecular formula is C48H78N4O21S. The summed E-state index contributed by atoms with van der Waals surface area (Å²) in [6.07, 6.45) is -15.0. The van der Waals surface area contributed by atoms with Crippen LogP contribution in [0, 0.1) is 5.92 Å². The number of aliphatic hydroxyl groups excluding tert-OH is 9. The molecule has 4 aliphatic rings. The largest absolute Gasteiger partial charge is 0.494 e. The van der Waals surface area contributed by atoms with Gasteiger partial charge in [0.2, 0.25) is 17.7 Å². The van der Waals surface area contributed by atoms with Gasteiger partial charge < -0.3 is 105 Å². The fourth-order valence-electron chi connectivity index (χ4n) is 10.00. The van der Waals surface area contributed by atoms with Crippen LogP contribution in [0.4, 0.5) is 0 Å². The second-order valence-corrected chi connectivity index (χ2v) is 19.5. The molecule has 20 unspecified atom stereocenters. The van der Waals surface area contributed by atoms with Crippen molar-refractivity contribution in [1.82, 2.24) is 21.3 Å². The second-order valence-electron chi connectivity index (χ2n) is 19.2. The average Bonchev–Trinajstić information content (AvgIpc) is 3.36. The van der Waals surface area contributed by atoms with Gasteiger partial charge >= 0.3 is 0 Å². The van der Waals surface area contributed by atoms with E-state index in [0.29, 0.717) is 12.4 Å². The SMILES string of the molecule is CCCCCCCCCCCOc1cccc(C(=O)NC2C(OC3C(CO)OC(OC4C(CO)OC(C5C(COS)OC(O)C(NC(C)=O)C5O)C(NC(C)=O)C4O)C(NC(C)=O)C3O)OC(CO)C(O)C2O)c1. The van der Waals surface area contributed by atoms with E-state index in [1.165, 1.54) is 44.2 Å². The minimum atomic E-state index is -1.92. The van der Waals surface area contributed by atoms with Crippen LogP contribution in [-0.4, -0.2) is 219 Å². The van der Waals surface area contributed by atoms with Gasteiger partial charge in [-0.25, -0.2) is 0 Å². The highest BCUT2D eigenvalue weighted by atomic mass is 32.1. The molecule has 4 heterocycles. The number of ether oxygens (including phenoxy) is 7. The van der Waals surface area contributed by atoms with Gasteiger partial charge in [-0.2, -0.15) is 0 Å². The van der Waals surface area contributed by atoms with E-state index < -0.39 is 166 Å². The van der Waals surface area contributed by atoms with Crippen molar-refractivity contribution in [3.8, 4) is 5.75 Å². The number of carbonyl (C=O) groups excluding carboxylic acids is 4. The molecule has 0 bridgehead atoms. The molecule has 25 nitrogen and oxygen atoms in total. The molecule has 4 aliphatic heterocycles. The van der Waals surface area contributed by atoms with E-state index in [1.807, 2.05) is 0 Å². The molecule has 4 saturated heterocycles. The Labute approximate surface area is 435 Å². The van der Waals surface area contributed by atoms with Crippen LogP contribution in [0.25, 0.3) is 0 Å². The number of unbranched alkanes of at least 4 members (excludes halogenated alkanes) is 8. The molecule has 5 rings (SSSR count). The lowest BCUT2D eigenvalue weighted by atomic mass is 9.77. The highest BCUT2D eigenvalue weighted by Gasteiger charge is 2.58. The van der Waals surface area contributed by atoms with E-state index in [9.17, 15) is 65.1 Å². The highest BCUT2D eigenvalue weighted by Crippen LogP contribution is 2.38. The number of hydrogen-bond donors (Lipinski definition) is 14. The Morgan fingerprint density at radius 1 is 0.581 bits per heavy atom. The van der Waals surface area contributed by atoms with E-state index in [4.69, 9.17) is 37.3 Å². The molecule has 74 heavy (non-hydrogen) atoms. The van der Waals surface area contributed by atoms with Gasteiger partial charge in [-0.3, -0.25) is 19.2 Å². The molecule has 422 valence electrons. The number of hydrogen-bond acceptors (Lipinski definition) is 22. The van der Waals surface area contributed by atoms with Gasteiger partial charge in [-0.15, -0.1) is 0 Å². The molecule has 26 heteroatoms. The van der Waals surface area contributed by atoms with Crippen LogP contribution in [0.2, 0.25) is 0 Å². The van der Waals surface area contributed by atoms with Gasteiger partial charge in [0.1, 0.15) is 78.8 Å². The first kappa shape index (κ1) is 61.5. The molecule has 1 aromatic carbocycles. The van der Waals surface area contributed by atoms with E-state index >= 15 is 0 Å². The summed E-state index contributed by atoms with van der Waals surface area (Å²) < 4.78 is 47.2. The molecule has 4 fully saturated rings. The highest BCUT2D eigenvalue weighted by molar-refractivity contribution is 7.75. The maximum Gasteiger partial charge on any atom is 0.251 e. The predicted molar refractivity (Wildman–Crippen MR) is 260 cm³/mol. The van der Waals surface area contributed by atoms with Crippen LogP contribution in [0.5, 0.6) is 5.75 Å². The first-order valence-electron chi connectivity index (χ1n) is 25.3. The first-order valence-corrected chi connectivity index (χ1v) is 25.7. The third kappa shape index (κ3) is 16.1. The lowest BCUT2D eigenvalue weighted by Gasteiger charge is -2.53. The second kappa shape index (κ2) is 29.9. The lowest BCUT2D eigenvalue weighted by Crippen LogP contribution is -2.73. The molecule has 0 radical (unpaired) electrons. The molecule has 4 amide bonds. The van der Waals surface area contributed by atoms with E-state index in [-0.39, 0.29) is 12.2 Å². The number of thiol groups is 1. The minimum Gasteiger partial charge on any atom is -0.494 e. The van der Waals surface area contributed by atoms with Crippen molar-refractivity contribution in [2.45, 2.75) is 202 Å². The van der Waals surface area contributed by atoms with Crippen molar-refractivity contribution in [2.24, 2.45) is 5.92 Å². The Morgan fingerprint density at radius 2 is 1.09 bits per heavy atom. The monoisotopic (exact) mass is 1080 g/mol. The van der Waals surface area contributed by atoms with E-state index in [0.717, 1.165) is 46.5 Å². The number of nitrogens with one attached hydrogen (secondary N) is 4. The Balaban J connectivity index is 1.34. The molecule has 0 spiro atoms. The Bertz CT molecular complexity index is 1910. The number of carbonyl (C=O) groups is 4. The molecule has 13 N–H and O–H groups in total. The van der Waals surface area contributed by atoms with E-state index in [1.54, 1.807) is 12.1 Å². The fraction of sp³-hybridized carbons (Fsp3) is 0.792. The Hall–Kier alpha value is -3.39. The Kier molecular flexibility index (Phi) is 24.9. The minimum absolute atomic E-state index is 0.101. The van der Waals surface area contributed by atoms with Gasteiger partial charge in [0.25, 0.3) is 5.91 Å². The van der Waals surface area contributed by atoms with E-state index in [2.05, 4.69) is 41.1 Å². The van der Waals surface area contributed by atoms with Crippen molar-refractivity contribution in [1.29, 1.82) is 0 Å². The number of amides is 4. The summed E-state index contributed by atoms with van der Waals surface area (Å²) in [5, 5.41) is 110. The number of aliphatic hydroxyl groups is 9. The van der Waals surface area contributed by atoms with Crippen LogP contribution in [0.3, 0.4) is 0 Å². The first-order chi connectivity index (χ1) is 35.4.